The van der Waals surface area contributed by atoms with Crippen LogP contribution in [0.2, 0.25) is 0 Å². The summed E-state index contributed by atoms with van der Waals surface area (Å²) in [4.78, 5) is 35.6. The first kappa shape index (κ1) is 17.6. The predicted octanol–water partition coefficient (Wildman–Crippen LogP) is 1.36. The van der Waals surface area contributed by atoms with Gasteiger partial charge < -0.3 is 20.1 Å². The number of rotatable bonds is 4. The number of alkyl carbamates (subject to hydrolysis) is 1. The summed E-state index contributed by atoms with van der Waals surface area (Å²) in [6.45, 7) is 5.38. The summed E-state index contributed by atoms with van der Waals surface area (Å²) in [5, 5.41) is 5.65. The summed E-state index contributed by atoms with van der Waals surface area (Å²) in [6.07, 6.45) is 2.49. The first-order valence-electron chi connectivity index (χ1n) is 8.09. The minimum Gasteiger partial charge on any atom is -0.469 e. The second-order valence-electron chi connectivity index (χ2n) is 7.26. The standard InChI is InChI=1S/C16H26N2O5/c1-16(2,3)23-15(21)18-11-7-5-9(11)13(19)17-12-8-6-10(12)14(20)22-4/h9-12H,5-8H2,1-4H3,(H,17,19)(H,18,21)/t9-,10+,11-,12-/m0/s1. The van der Waals surface area contributed by atoms with E-state index in [4.69, 9.17) is 9.47 Å². The van der Waals surface area contributed by atoms with E-state index in [1.54, 1.807) is 20.8 Å². The molecule has 0 radical (unpaired) electrons. The zero-order chi connectivity index (χ0) is 17.2. The molecule has 2 saturated carbocycles. The van der Waals surface area contributed by atoms with Gasteiger partial charge in [0.25, 0.3) is 0 Å². The van der Waals surface area contributed by atoms with Crippen LogP contribution in [0.1, 0.15) is 46.5 Å². The molecule has 130 valence electrons. The van der Waals surface area contributed by atoms with Gasteiger partial charge in [-0.1, -0.05) is 0 Å². The summed E-state index contributed by atoms with van der Waals surface area (Å²) < 4.78 is 9.93. The van der Waals surface area contributed by atoms with Gasteiger partial charge in [-0.15, -0.1) is 0 Å². The maximum absolute atomic E-state index is 12.3. The molecule has 7 heteroatoms. The van der Waals surface area contributed by atoms with Crippen LogP contribution in [0.4, 0.5) is 4.79 Å². The van der Waals surface area contributed by atoms with Crippen molar-refractivity contribution in [2.75, 3.05) is 7.11 Å². The third kappa shape index (κ3) is 4.36. The average molecular weight is 326 g/mol. The Morgan fingerprint density at radius 2 is 1.48 bits per heavy atom. The van der Waals surface area contributed by atoms with E-state index in [1.807, 2.05) is 0 Å². The second-order valence-corrected chi connectivity index (χ2v) is 7.26. The number of amides is 2. The minimum absolute atomic E-state index is 0.115. The minimum atomic E-state index is -0.564. The fourth-order valence-electron chi connectivity index (χ4n) is 2.84. The maximum Gasteiger partial charge on any atom is 0.407 e. The van der Waals surface area contributed by atoms with E-state index >= 15 is 0 Å². The van der Waals surface area contributed by atoms with Gasteiger partial charge in [0.15, 0.2) is 0 Å². The predicted molar refractivity (Wildman–Crippen MR) is 82.6 cm³/mol. The Kier molecular flexibility index (Phi) is 5.16. The van der Waals surface area contributed by atoms with E-state index in [1.165, 1.54) is 7.11 Å². The molecule has 0 aromatic rings. The Hall–Kier alpha value is -1.79. The number of esters is 1. The van der Waals surface area contributed by atoms with Gasteiger partial charge in [-0.3, -0.25) is 9.59 Å². The monoisotopic (exact) mass is 326 g/mol. The molecule has 0 bridgehead atoms. The first-order valence-corrected chi connectivity index (χ1v) is 8.09. The van der Waals surface area contributed by atoms with E-state index < -0.39 is 11.7 Å². The molecule has 2 aliphatic carbocycles. The zero-order valence-corrected chi connectivity index (χ0v) is 14.2. The van der Waals surface area contributed by atoms with E-state index in [9.17, 15) is 14.4 Å². The van der Waals surface area contributed by atoms with Crippen LogP contribution in [-0.4, -0.2) is 42.8 Å². The van der Waals surface area contributed by atoms with Crippen molar-refractivity contribution in [3.63, 3.8) is 0 Å². The van der Waals surface area contributed by atoms with Crippen molar-refractivity contribution in [1.29, 1.82) is 0 Å². The van der Waals surface area contributed by atoms with E-state index in [0.29, 0.717) is 0 Å². The van der Waals surface area contributed by atoms with Gasteiger partial charge in [0.2, 0.25) is 5.91 Å². The van der Waals surface area contributed by atoms with Crippen LogP contribution in [0.15, 0.2) is 0 Å². The van der Waals surface area contributed by atoms with Crippen molar-refractivity contribution >= 4 is 18.0 Å². The first-order chi connectivity index (χ1) is 10.7. The molecule has 0 spiro atoms. The van der Waals surface area contributed by atoms with Gasteiger partial charge in [0, 0.05) is 12.1 Å². The number of hydrogen-bond donors (Lipinski definition) is 2. The highest BCUT2D eigenvalue weighted by atomic mass is 16.6. The second kappa shape index (κ2) is 6.76. The lowest BCUT2D eigenvalue weighted by atomic mass is 9.76. The molecule has 4 atom stereocenters. The number of hydrogen-bond acceptors (Lipinski definition) is 5. The van der Waals surface area contributed by atoms with E-state index in [0.717, 1.165) is 25.7 Å². The van der Waals surface area contributed by atoms with Crippen LogP contribution in [0, 0.1) is 11.8 Å². The van der Waals surface area contributed by atoms with Crippen LogP contribution < -0.4 is 10.6 Å². The third-order valence-electron chi connectivity index (χ3n) is 4.42. The molecule has 0 aliphatic heterocycles. The third-order valence-corrected chi connectivity index (χ3v) is 4.42. The maximum atomic E-state index is 12.3. The molecule has 2 N–H and O–H groups in total. The number of nitrogens with one attached hydrogen (secondary N) is 2. The highest BCUT2D eigenvalue weighted by Gasteiger charge is 2.43. The number of ether oxygens (including phenoxy) is 2. The molecule has 2 fully saturated rings. The Labute approximate surface area is 136 Å². The highest BCUT2D eigenvalue weighted by Crippen LogP contribution is 2.32. The smallest absolute Gasteiger partial charge is 0.407 e. The molecule has 0 saturated heterocycles. The molecule has 0 aromatic carbocycles. The molecule has 23 heavy (non-hydrogen) atoms. The van der Waals surface area contributed by atoms with Crippen molar-refractivity contribution in [2.24, 2.45) is 11.8 Å². The van der Waals surface area contributed by atoms with Crippen LogP contribution in [0.5, 0.6) is 0 Å². The van der Waals surface area contributed by atoms with Crippen LogP contribution in [-0.2, 0) is 19.1 Å². The van der Waals surface area contributed by atoms with Gasteiger partial charge in [0.05, 0.1) is 18.9 Å². The number of methoxy groups -OCH3 is 1. The van der Waals surface area contributed by atoms with Crippen molar-refractivity contribution in [2.45, 2.75) is 64.1 Å². The van der Waals surface area contributed by atoms with Crippen LogP contribution in [0.25, 0.3) is 0 Å². The molecule has 2 rings (SSSR count). The molecular weight excluding hydrogens is 300 g/mol. The summed E-state index contributed by atoms with van der Waals surface area (Å²) in [5.74, 6) is -0.905. The van der Waals surface area contributed by atoms with Gasteiger partial charge in [-0.2, -0.15) is 0 Å². The molecule has 0 unspecified atom stereocenters. The Morgan fingerprint density at radius 3 is 1.91 bits per heavy atom. The van der Waals surface area contributed by atoms with Gasteiger partial charge in [-0.05, 0) is 46.5 Å². The lowest BCUT2D eigenvalue weighted by Gasteiger charge is -2.40. The van der Waals surface area contributed by atoms with Crippen molar-refractivity contribution in [1.82, 2.24) is 10.6 Å². The van der Waals surface area contributed by atoms with Crippen LogP contribution in [0.3, 0.4) is 0 Å². The molecule has 0 heterocycles. The molecule has 2 aliphatic rings. The Balaban J connectivity index is 1.79. The summed E-state index contributed by atoms with van der Waals surface area (Å²) in [7, 11) is 1.35. The lowest BCUT2D eigenvalue weighted by molar-refractivity contribution is -0.150. The normalized spacial score (nSPS) is 29.6. The Bertz CT molecular complexity index is 485. The van der Waals surface area contributed by atoms with Crippen LogP contribution >= 0.6 is 0 Å². The summed E-state index contributed by atoms with van der Waals surface area (Å²) >= 11 is 0. The van der Waals surface area contributed by atoms with Gasteiger partial charge in [0.1, 0.15) is 5.60 Å². The largest absolute Gasteiger partial charge is 0.469 e. The fourth-order valence-corrected chi connectivity index (χ4v) is 2.84. The topological polar surface area (TPSA) is 93.7 Å². The summed E-state index contributed by atoms with van der Waals surface area (Å²) in [6, 6.07) is -0.362. The fraction of sp³-hybridized carbons (Fsp3) is 0.812. The molecule has 2 amide bonds. The molecular formula is C16H26N2O5. The van der Waals surface area contributed by atoms with Gasteiger partial charge >= 0.3 is 12.1 Å². The zero-order valence-electron chi connectivity index (χ0n) is 14.2. The molecule has 7 nitrogen and oxygen atoms in total. The van der Waals surface area contributed by atoms with Gasteiger partial charge in [-0.25, -0.2) is 4.79 Å². The number of carbonyl (C=O) groups excluding carboxylic acids is 3. The number of carbonyl (C=O) groups is 3. The Morgan fingerprint density at radius 1 is 0.913 bits per heavy atom. The van der Waals surface area contributed by atoms with E-state index in [-0.39, 0.29) is 35.8 Å². The van der Waals surface area contributed by atoms with Crippen molar-refractivity contribution in [3.05, 3.63) is 0 Å². The highest BCUT2D eigenvalue weighted by molar-refractivity contribution is 5.83. The molecule has 0 aromatic heterocycles. The average Bonchev–Trinajstić information content (AvgIpc) is 2.37. The van der Waals surface area contributed by atoms with Crippen molar-refractivity contribution < 1.29 is 23.9 Å². The lowest BCUT2D eigenvalue weighted by Crippen LogP contribution is -2.58. The summed E-state index contributed by atoms with van der Waals surface area (Å²) in [5.41, 5.74) is -0.564. The van der Waals surface area contributed by atoms with Crippen molar-refractivity contribution in [3.8, 4) is 0 Å². The SMILES string of the molecule is COC(=O)[C@@H]1CC[C@@H]1NC(=O)[C@H]1CC[C@@H]1NC(=O)OC(C)(C)C. The quantitative estimate of drug-likeness (QED) is 0.761. The van der Waals surface area contributed by atoms with E-state index in [2.05, 4.69) is 10.6 Å².